The maximum atomic E-state index is 13.2. The predicted molar refractivity (Wildman–Crippen MR) is 95.6 cm³/mol. The van der Waals surface area contributed by atoms with E-state index in [4.69, 9.17) is 4.74 Å². The monoisotopic (exact) mass is 395 g/mol. The Morgan fingerprint density at radius 3 is 2.74 bits per heavy atom. The molecule has 0 spiro atoms. The minimum Gasteiger partial charge on any atom is -0.379 e. The van der Waals surface area contributed by atoms with Gasteiger partial charge in [0.25, 0.3) is 5.91 Å². The van der Waals surface area contributed by atoms with Crippen LogP contribution >= 0.6 is 0 Å². The molecule has 1 saturated carbocycles. The summed E-state index contributed by atoms with van der Waals surface area (Å²) in [5.74, 6) is 1.11. The zero-order valence-corrected chi connectivity index (χ0v) is 16.1. The molecule has 0 aromatic carbocycles. The van der Waals surface area contributed by atoms with Crippen LogP contribution in [0.15, 0.2) is 0 Å². The third-order valence-corrected chi connectivity index (χ3v) is 8.44. The van der Waals surface area contributed by atoms with E-state index >= 15 is 0 Å². The summed E-state index contributed by atoms with van der Waals surface area (Å²) in [6, 6.07) is -0.323. The SMILES string of the molecule is O=C(c1nnc2n1CCCC2)N1C[C@@H]2COC[C@H](C1)N(S(=O)(=O)C1CC1)C2. The Bertz CT molecular complexity index is 850. The van der Waals surface area contributed by atoms with Gasteiger partial charge in [-0.2, -0.15) is 4.31 Å². The first kappa shape index (κ1) is 17.6. The molecule has 0 radical (unpaired) electrons. The Labute approximate surface area is 158 Å². The third kappa shape index (κ3) is 3.07. The molecule has 2 atom stereocenters. The van der Waals surface area contributed by atoms with Crippen LogP contribution in [0.5, 0.6) is 0 Å². The number of aryl methyl sites for hydroxylation is 1. The molecule has 5 rings (SSSR count). The highest BCUT2D eigenvalue weighted by atomic mass is 32.2. The number of sulfonamides is 1. The molecular weight excluding hydrogens is 370 g/mol. The molecule has 2 bridgehead atoms. The van der Waals surface area contributed by atoms with Gasteiger partial charge in [-0.3, -0.25) is 4.79 Å². The van der Waals surface area contributed by atoms with E-state index < -0.39 is 10.0 Å². The lowest BCUT2D eigenvalue weighted by molar-refractivity contribution is 0.0448. The quantitative estimate of drug-likeness (QED) is 0.708. The van der Waals surface area contributed by atoms with Crippen LogP contribution in [-0.4, -0.2) is 82.4 Å². The average Bonchev–Trinajstić information content (AvgIpc) is 3.45. The number of carbonyl (C=O) groups excluding carboxylic acids is 1. The van der Waals surface area contributed by atoms with E-state index in [1.54, 1.807) is 9.21 Å². The number of carbonyl (C=O) groups is 1. The van der Waals surface area contributed by atoms with E-state index in [1.165, 1.54) is 0 Å². The lowest BCUT2D eigenvalue weighted by Crippen LogP contribution is -2.49. The number of nitrogens with zero attached hydrogens (tertiary/aromatic N) is 5. The second-order valence-electron chi connectivity index (χ2n) is 8.13. The molecule has 0 N–H and O–H groups in total. The molecular formula is C17H25N5O4S. The average molecular weight is 395 g/mol. The Morgan fingerprint density at radius 2 is 1.93 bits per heavy atom. The Kier molecular flexibility index (Phi) is 4.25. The normalized spacial score (nSPS) is 29.3. The topological polar surface area (TPSA) is 97.6 Å². The molecule has 3 fully saturated rings. The summed E-state index contributed by atoms with van der Waals surface area (Å²) in [6.45, 7) is 2.87. The van der Waals surface area contributed by atoms with Gasteiger partial charge in [0.1, 0.15) is 5.82 Å². The summed E-state index contributed by atoms with van der Waals surface area (Å²) in [5, 5.41) is 8.10. The number of ether oxygens (including phenoxy) is 1. The van der Waals surface area contributed by atoms with Gasteiger partial charge in [0.15, 0.2) is 0 Å². The molecule has 0 unspecified atom stereocenters. The van der Waals surface area contributed by atoms with Crippen LogP contribution in [0, 0.1) is 5.92 Å². The first-order valence-electron chi connectivity index (χ1n) is 9.84. The Morgan fingerprint density at radius 1 is 1.07 bits per heavy atom. The number of aromatic nitrogens is 3. The van der Waals surface area contributed by atoms with Gasteiger partial charge < -0.3 is 14.2 Å². The maximum absolute atomic E-state index is 13.2. The van der Waals surface area contributed by atoms with Gasteiger partial charge in [-0.1, -0.05) is 0 Å². The van der Waals surface area contributed by atoms with Crippen molar-refractivity contribution in [1.29, 1.82) is 0 Å². The molecule has 148 valence electrons. The van der Waals surface area contributed by atoms with Gasteiger partial charge in [-0.15, -0.1) is 10.2 Å². The molecule has 2 saturated heterocycles. The third-order valence-electron chi connectivity index (χ3n) is 6.03. The molecule has 1 aromatic rings. The highest BCUT2D eigenvalue weighted by Crippen LogP contribution is 2.34. The molecule has 1 aromatic heterocycles. The van der Waals surface area contributed by atoms with Crippen molar-refractivity contribution in [3.63, 3.8) is 0 Å². The standard InChI is InChI=1S/C17H25N5O4S/c23-17(16-19-18-15-3-1-2-6-21(15)16)20-7-12-8-22(13(9-20)11-26-10-12)27(24,25)14-4-5-14/h12-14H,1-11H2/t12-,13-/m0/s1. The van der Waals surface area contributed by atoms with E-state index in [9.17, 15) is 13.2 Å². The largest absolute Gasteiger partial charge is 0.379 e. The minimum atomic E-state index is -3.30. The van der Waals surface area contributed by atoms with Gasteiger partial charge in [-0.25, -0.2) is 8.42 Å². The highest BCUT2D eigenvalue weighted by Gasteiger charge is 2.47. The second kappa shape index (κ2) is 6.52. The van der Waals surface area contributed by atoms with Crippen molar-refractivity contribution in [3.8, 4) is 0 Å². The number of fused-ring (bicyclic) bond motifs is 4. The second-order valence-corrected chi connectivity index (χ2v) is 10.3. The van der Waals surface area contributed by atoms with E-state index in [-0.39, 0.29) is 23.1 Å². The molecule has 4 aliphatic rings. The van der Waals surface area contributed by atoms with Crippen LogP contribution < -0.4 is 0 Å². The Balaban J connectivity index is 1.42. The lowest BCUT2D eigenvalue weighted by Gasteiger charge is -2.30. The first-order chi connectivity index (χ1) is 13.0. The van der Waals surface area contributed by atoms with Crippen LogP contribution in [0.4, 0.5) is 0 Å². The van der Waals surface area contributed by atoms with Crippen LogP contribution in [0.3, 0.4) is 0 Å². The predicted octanol–water partition coefficient (Wildman–Crippen LogP) is -0.121. The van der Waals surface area contributed by atoms with E-state index in [1.807, 2.05) is 4.57 Å². The van der Waals surface area contributed by atoms with Crippen molar-refractivity contribution >= 4 is 15.9 Å². The van der Waals surface area contributed by atoms with E-state index in [0.717, 1.165) is 44.5 Å². The maximum Gasteiger partial charge on any atom is 0.291 e. The van der Waals surface area contributed by atoms with Crippen molar-refractivity contribution in [2.24, 2.45) is 5.92 Å². The van der Waals surface area contributed by atoms with Crippen LogP contribution in [0.2, 0.25) is 0 Å². The van der Waals surface area contributed by atoms with Crippen LogP contribution in [0.25, 0.3) is 0 Å². The molecule has 1 amide bonds. The number of hydrogen-bond acceptors (Lipinski definition) is 6. The molecule has 27 heavy (non-hydrogen) atoms. The summed E-state index contributed by atoms with van der Waals surface area (Å²) in [5.41, 5.74) is 0. The molecule has 1 aliphatic carbocycles. The number of hydrogen-bond donors (Lipinski definition) is 0. The van der Waals surface area contributed by atoms with Crippen molar-refractivity contribution in [1.82, 2.24) is 24.0 Å². The van der Waals surface area contributed by atoms with Gasteiger partial charge in [0.05, 0.1) is 24.5 Å². The summed E-state index contributed by atoms with van der Waals surface area (Å²) in [7, 11) is -3.30. The lowest BCUT2D eigenvalue weighted by atomic mass is 10.1. The first-order valence-corrected chi connectivity index (χ1v) is 11.3. The fourth-order valence-electron chi connectivity index (χ4n) is 4.45. The van der Waals surface area contributed by atoms with Gasteiger partial charge in [0.2, 0.25) is 15.8 Å². The van der Waals surface area contributed by atoms with Gasteiger partial charge in [0, 0.05) is 38.5 Å². The van der Waals surface area contributed by atoms with Crippen LogP contribution in [-0.2, 0) is 27.7 Å². The summed E-state index contributed by atoms with van der Waals surface area (Å²) in [4.78, 5) is 15.0. The van der Waals surface area contributed by atoms with E-state index in [0.29, 0.717) is 38.7 Å². The number of rotatable bonds is 3. The molecule has 9 nitrogen and oxygen atoms in total. The van der Waals surface area contributed by atoms with Crippen molar-refractivity contribution < 1.29 is 17.9 Å². The summed E-state index contributed by atoms with van der Waals surface area (Å²) < 4.78 is 35.0. The van der Waals surface area contributed by atoms with E-state index in [2.05, 4.69) is 10.2 Å². The molecule has 10 heteroatoms. The van der Waals surface area contributed by atoms with Crippen molar-refractivity contribution in [2.75, 3.05) is 32.8 Å². The van der Waals surface area contributed by atoms with Gasteiger partial charge in [-0.05, 0) is 25.7 Å². The van der Waals surface area contributed by atoms with Crippen LogP contribution in [0.1, 0.15) is 42.1 Å². The summed E-state index contributed by atoms with van der Waals surface area (Å²) in [6.07, 6.45) is 4.44. The number of amides is 1. The van der Waals surface area contributed by atoms with Crippen molar-refractivity contribution in [3.05, 3.63) is 11.6 Å². The zero-order valence-electron chi connectivity index (χ0n) is 15.3. The Hall–Kier alpha value is -1.52. The minimum absolute atomic E-state index is 0.0151. The molecule has 3 aliphatic heterocycles. The zero-order chi connectivity index (χ0) is 18.6. The van der Waals surface area contributed by atoms with Crippen molar-refractivity contribution in [2.45, 2.75) is 49.9 Å². The fourth-order valence-corrected chi connectivity index (χ4v) is 6.52. The fraction of sp³-hybridized carbons (Fsp3) is 0.824. The van der Waals surface area contributed by atoms with Gasteiger partial charge >= 0.3 is 0 Å². The smallest absolute Gasteiger partial charge is 0.291 e. The molecule has 4 heterocycles. The summed E-state index contributed by atoms with van der Waals surface area (Å²) >= 11 is 0. The highest BCUT2D eigenvalue weighted by molar-refractivity contribution is 7.90.